The van der Waals surface area contributed by atoms with E-state index in [0.29, 0.717) is 18.1 Å². The fourth-order valence-electron chi connectivity index (χ4n) is 2.71. The molecule has 5 heteroatoms. The minimum atomic E-state index is -0.0944. The van der Waals surface area contributed by atoms with Crippen LogP contribution in [0.25, 0.3) is 10.4 Å². The molecule has 4 nitrogen and oxygen atoms in total. The Kier molecular flexibility index (Phi) is 4.15. The smallest absolute Gasteiger partial charge is 0.265 e. The number of nitrogens with one attached hydrogen (secondary N) is 1. The lowest BCUT2D eigenvalue weighted by molar-refractivity contribution is 0.103. The minimum Gasteiger partial charge on any atom is -0.486 e. The van der Waals surface area contributed by atoms with Gasteiger partial charge in [-0.2, -0.15) is 0 Å². The van der Waals surface area contributed by atoms with Crippen LogP contribution in [-0.4, -0.2) is 19.1 Å². The van der Waals surface area contributed by atoms with Crippen molar-refractivity contribution in [2.45, 2.75) is 6.92 Å². The van der Waals surface area contributed by atoms with E-state index in [0.717, 1.165) is 33.2 Å². The summed E-state index contributed by atoms with van der Waals surface area (Å²) in [6.45, 7) is 3.12. The highest BCUT2D eigenvalue weighted by molar-refractivity contribution is 7.17. The molecule has 25 heavy (non-hydrogen) atoms. The lowest BCUT2D eigenvalue weighted by Crippen LogP contribution is -2.15. The summed E-state index contributed by atoms with van der Waals surface area (Å²) in [6, 6.07) is 17.4. The van der Waals surface area contributed by atoms with Gasteiger partial charge in [-0.1, -0.05) is 18.2 Å². The first-order chi connectivity index (χ1) is 12.2. The minimum absolute atomic E-state index is 0.0944. The largest absolute Gasteiger partial charge is 0.486 e. The Balaban J connectivity index is 1.56. The molecule has 2 aromatic carbocycles. The van der Waals surface area contributed by atoms with Crippen LogP contribution in [0.3, 0.4) is 0 Å². The van der Waals surface area contributed by atoms with E-state index in [2.05, 4.69) is 5.32 Å². The number of aryl methyl sites for hydroxylation is 1. The fourth-order valence-corrected chi connectivity index (χ4v) is 3.61. The van der Waals surface area contributed by atoms with Crippen LogP contribution >= 0.6 is 11.3 Å². The van der Waals surface area contributed by atoms with Crippen molar-refractivity contribution in [1.82, 2.24) is 0 Å². The lowest BCUT2D eigenvalue weighted by Gasteiger charge is -2.18. The molecule has 0 aliphatic carbocycles. The number of benzene rings is 2. The Morgan fingerprint density at radius 3 is 2.64 bits per heavy atom. The van der Waals surface area contributed by atoms with Crippen LogP contribution < -0.4 is 14.8 Å². The van der Waals surface area contributed by atoms with Gasteiger partial charge in [-0.15, -0.1) is 11.3 Å². The second kappa shape index (κ2) is 6.61. The second-order valence-electron chi connectivity index (χ2n) is 5.79. The summed E-state index contributed by atoms with van der Waals surface area (Å²) in [4.78, 5) is 14.2. The number of ether oxygens (including phenoxy) is 2. The van der Waals surface area contributed by atoms with Crippen LogP contribution in [0.4, 0.5) is 5.69 Å². The van der Waals surface area contributed by atoms with Crippen molar-refractivity contribution in [2.75, 3.05) is 18.5 Å². The maximum Gasteiger partial charge on any atom is 0.265 e. The zero-order valence-electron chi connectivity index (χ0n) is 13.7. The van der Waals surface area contributed by atoms with Gasteiger partial charge in [0.25, 0.3) is 5.91 Å². The van der Waals surface area contributed by atoms with E-state index in [-0.39, 0.29) is 5.91 Å². The predicted octanol–water partition coefficient (Wildman–Crippen LogP) is 4.75. The molecule has 1 amide bonds. The molecule has 0 unspecified atom stereocenters. The van der Waals surface area contributed by atoms with Gasteiger partial charge in [-0.05, 0) is 54.4 Å². The molecule has 1 aliphatic heterocycles. The maximum absolute atomic E-state index is 12.5. The van der Waals surface area contributed by atoms with Crippen LogP contribution in [0.2, 0.25) is 0 Å². The summed E-state index contributed by atoms with van der Waals surface area (Å²) >= 11 is 1.46. The number of anilines is 1. The first-order valence-corrected chi connectivity index (χ1v) is 8.89. The Hall–Kier alpha value is -2.79. The molecule has 0 spiro atoms. The lowest BCUT2D eigenvalue weighted by atomic mass is 10.1. The summed E-state index contributed by atoms with van der Waals surface area (Å²) in [7, 11) is 0. The molecular formula is C20H17NO3S. The summed E-state index contributed by atoms with van der Waals surface area (Å²) in [5, 5.41) is 2.97. The van der Waals surface area contributed by atoms with Crippen molar-refractivity contribution >= 4 is 22.9 Å². The van der Waals surface area contributed by atoms with Crippen LogP contribution in [0.5, 0.6) is 11.5 Å². The van der Waals surface area contributed by atoms with Crippen molar-refractivity contribution in [3.05, 3.63) is 65.0 Å². The van der Waals surface area contributed by atoms with E-state index in [1.807, 2.05) is 61.5 Å². The molecule has 0 saturated carbocycles. The van der Waals surface area contributed by atoms with E-state index in [1.165, 1.54) is 11.3 Å². The van der Waals surface area contributed by atoms with Crippen molar-refractivity contribution in [3.8, 4) is 21.9 Å². The number of thiophene rings is 1. The highest BCUT2D eigenvalue weighted by Crippen LogP contribution is 2.37. The molecule has 126 valence electrons. The zero-order valence-corrected chi connectivity index (χ0v) is 14.6. The molecule has 2 heterocycles. The van der Waals surface area contributed by atoms with Gasteiger partial charge >= 0.3 is 0 Å². The zero-order chi connectivity index (χ0) is 17.2. The Morgan fingerprint density at radius 2 is 1.80 bits per heavy atom. The summed E-state index contributed by atoms with van der Waals surface area (Å²) in [5.74, 6) is 1.43. The van der Waals surface area contributed by atoms with Gasteiger partial charge in [0.2, 0.25) is 0 Å². The maximum atomic E-state index is 12.5. The average Bonchev–Trinajstić information content (AvgIpc) is 3.13. The molecular weight excluding hydrogens is 334 g/mol. The van der Waals surface area contributed by atoms with Gasteiger partial charge in [-0.3, -0.25) is 4.79 Å². The summed E-state index contributed by atoms with van der Waals surface area (Å²) in [6.07, 6.45) is 0. The molecule has 0 saturated heterocycles. The molecule has 0 bridgehead atoms. The molecule has 1 N–H and O–H groups in total. The van der Waals surface area contributed by atoms with Crippen molar-refractivity contribution in [2.24, 2.45) is 0 Å². The first kappa shape index (κ1) is 15.7. The topological polar surface area (TPSA) is 47.6 Å². The van der Waals surface area contributed by atoms with Crippen LogP contribution in [0.1, 0.15) is 15.2 Å². The number of amides is 1. The molecule has 1 aromatic heterocycles. The van der Waals surface area contributed by atoms with Crippen LogP contribution in [0, 0.1) is 6.92 Å². The van der Waals surface area contributed by atoms with E-state index in [1.54, 1.807) is 0 Å². The van der Waals surface area contributed by atoms with Gasteiger partial charge in [0.1, 0.15) is 13.2 Å². The SMILES string of the molecule is Cc1ccccc1NC(=O)c1ccc(-c2ccc3c(c2)OCCO3)s1. The Labute approximate surface area is 150 Å². The third kappa shape index (κ3) is 3.23. The van der Waals surface area contributed by atoms with E-state index in [4.69, 9.17) is 9.47 Å². The number of para-hydroxylation sites is 1. The third-order valence-corrected chi connectivity index (χ3v) is 5.18. The summed E-state index contributed by atoms with van der Waals surface area (Å²) < 4.78 is 11.2. The van der Waals surface area contributed by atoms with Crippen LogP contribution in [0.15, 0.2) is 54.6 Å². The van der Waals surface area contributed by atoms with Crippen LogP contribution in [-0.2, 0) is 0 Å². The van der Waals surface area contributed by atoms with Gasteiger partial charge in [0, 0.05) is 10.6 Å². The number of rotatable bonds is 3. The van der Waals surface area contributed by atoms with E-state index in [9.17, 15) is 4.79 Å². The van der Waals surface area contributed by atoms with Crippen molar-refractivity contribution < 1.29 is 14.3 Å². The second-order valence-corrected chi connectivity index (χ2v) is 6.88. The average molecular weight is 351 g/mol. The standard InChI is InChI=1S/C20H17NO3S/c1-13-4-2-3-5-15(13)21-20(22)19-9-8-18(25-19)14-6-7-16-17(12-14)24-11-10-23-16/h2-9,12H,10-11H2,1H3,(H,21,22). The predicted molar refractivity (Wildman–Crippen MR) is 99.9 cm³/mol. The summed E-state index contributed by atoms with van der Waals surface area (Å²) in [5.41, 5.74) is 2.89. The Bertz CT molecular complexity index is 932. The first-order valence-electron chi connectivity index (χ1n) is 8.07. The normalized spacial score (nSPS) is 12.7. The van der Waals surface area contributed by atoms with Gasteiger partial charge < -0.3 is 14.8 Å². The monoisotopic (exact) mass is 351 g/mol. The van der Waals surface area contributed by atoms with Gasteiger partial charge in [-0.25, -0.2) is 0 Å². The van der Waals surface area contributed by atoms with E-state index < -0.39 is 0 Å². The van der Waals surface area contributed by atoms with E-state index >= 15 is 0 Å². The number of carbonyl (C=O) groups excluding carboxylic acids is 1. The van der Waals surface area contributed by atoms with Gasteiger partial charge in [0.05, 0.1) is 4.88 Å². The fraction of sp³-hybridized carbons (Fsp3) is 0.150. The molecule has 0 radical (unpaired) electrons. The molecule has 0 atom stereocenters. The number of fused-ring (bicyclic) bond motifs is 1. The van der Waals surface area contributed by atoms with Crippen molar-refractivity contribution in [1.29, 1.82) is 0 Å². The molecule has 0 fully saturated rings. The molecule has 3 aromatic rings. The molecule has 4 rings (SSSR count). The number of hydrogen-bond acceptors (Lipinski definition) is 4. The number of carbonyl (C=O) groups is 1. The highest BCUT2D eigenvalue weighted by Gasteiger charge is 2.15. The molecule has 1 aliphatic rings. The highest BCUT2D eigenvalue weighted by atomic mass is 32.1. The Morgan fingerprint density at radius 1 is 1.00 bits per heavy atom. The quantitative estimate of drug-likeness (QED) is 0.741. The van der Waals surface area contributed by atoms with Crippen molar-refractivity contribution in [3.63, 3.8) is 0 Å². The van der Waals surface area contributed by atoms with Gasteiger partial charge in [0.15, 0.2) is 11.5 Å². The number of hydrogen-bond donors (Lipinski definition) is 1. The third-order valence-electron chi connectivity index (χ3n) is 4.05.